The fourth-order valence-electron chi connectivity index (χ4n) is 3.30. The molecule has 4 nitrogen and oxygen atoms in total. The number of carbonyl (C=O) groups excluding carboxylic acids is 1. The number of hydrogen-bond donors (Lipinski definition) is 0. The van der Waals surface area contributed by atoms with Crippen molar-refractivity contribution in [2.45, 2.75) is 6.92 Å². The summed E-state index contributed by atoms with van der Waals surface area (Å²) in [6, 6.07) is 15.6. The van der Waals surface area contributed by atoms with E-state index in [1.165, 1.54) is 0 Å². The van der Waals surface area contributed by atoms with E-state index in [9.17, 15) is 4.79 Å². The maximum Gasteiger partial charge on any atom is 0.253 e. The topological polar surface area (TPSA) is 36.4 Å². The summed E-state index contributed by atoms with van der Waals surface area (Å²) in [5, 5.41) is 3.82. The number of aromatic nitrogens is 1. The molecule has 0 aliphatic carbocycles. The van der Waals surface area contributed by atoms with Crippen LogP contribution in [0.1, 0.15) is 15.4 Å². The first-order valence-electron chi connectivity index (χ1n) is 8.92. The van der Waals surface area contributed by atoms with Gasteiger partial charge in [0.1, 0.15) is 0 Å². The third-order valence-electron chi connectivity index (χ3n) is 4.79. The molecule has 1 aliphatic heterocycles. The van der Waals surface area contributed by atoms with Gasteiger partial charge in [0.2, 0.25) is 0 Å². The number of anilines is 1. The van der Waals surface area contributed by atoms with Crippen molar-refractivity contribution in [2.24, 2.45) is 0 Å². The lowest BCUT2D eigenvalue weighted by molar-refractivity contribution is 0.0747. The molecule has 1 saturated heterocycles. The van der Waals surface area contributed by atoms with Crippen molar-refractivity contribution in [1.29, 1.82) is 0 Å². The van der Waals surface area contributed by atoms with E-state index in [2.05, 4.69) is 16.0 Å². The highest BCUT2D eigenvalue weighted by Crippen LogP contribution is 2.23. The molecule has 6 heteroatoms. The van der Waals surface area contributed by atoms with Crippen LogP contribution in [0.2, 0.25) is 5.02 Å². The Morgan fingerprint density at radius 1 is 1.07 bits per heavy atom. The van der Waals surface area contributed by atoms with Crippen LogP contribution in [0.5, 0.6) is 0 Å². The van der Waals surface area contributed by atoms with Gasteiger partial charge in [0.15, 0.2) is 0 Å². The van der Waals surface area contributed by atoms with Gasteiger partial charge in [-0.25, -0.2) is 4.98 Å². The molecule has 0 atom stereocenters. The average molecular weight is 398 g/mol. The zero-order valence-electron chi connectivity index (χ0n) is 15.1. The summed E-state index contributed by atoms with van der Waals surface area (Å²) in [4.78, 5) is 21.5. The molecule has 0 spiro atoms. The molecule has 0 bridgehead atoms. The molecular weight excluding hydrogens is 378 g/mol. The van der Waals surface area contributed by atoms with Crippen LogP contribution in [-0.2, 0) is 0 Å². The molecule has 1 fully saturated rings. The number of benzene rings is 2. The molecule has 0 N–H and O–H groups in total. The summed E-state index contributed by atoms with van der Waals surface area (Å²) in [6.45, 7) is 5.02. The van der Waals surface area contributed by atoms with Crippen LogP contribution in [0.25, 0.3) is 11.3 Å². The van der Waals surface area contributed by atoms with Gasteiger partial charge in [-0.15, -0.1) is 11.3 Å². The highest BCUT2D eigenvalue weighted by atomic mass is 35.5. The zero-order chi connectivity index (χ0) is 18.8. The summed E-state index contributed by atoms with van der Waals surface area (Å²) in [7, 11) is 0. The van der Waals surface area contributed by atoms with Gasteiger partial charge in [-0.3, -0.25) is 4.79 Å². The van der Waals surface area contributed by atoms with Crippen LogP contribution in [-0.4, -0.2) is 42.0 Å². The third-order valence-corrected chi connectivity index (χ3v) is 5.80. The van der Waals surface area contributed by atoms with Crippen LogP contribution in [0.15, 0.2) is 53.9 Å². The monoisotopic (exact) mass is 397 g/mol. The Bertz CT molecular complexity index is 946. The van der Waals surface area contributed by atoms with Crippen LogP contribution < -0.4 is 4.90 Å². The number of hydrogen-bond acceptors (Lipinski definition) is 4. The van der Waals surface area contributed by atoms with Crippen LogP contribution in [0, 0.1) is 6.92 Å². The summed E-state index contributed by atoms with van der Waals surface area (Å²) >= 11 is 7.72. The molecule has 4 rings (SSSR count). The summed E-state index contributed by atoms with van der Waals surface area (Å²) in [6.07, 6.45) is 0. The van der Waals surface area contributed by atoms with Crippen molar-refractivity contribution in [2.75, 3.05) is 31.1 Å². The Kier molecular flexibility index (Phi) is 5.14. The second kappa shape index (κ2) is 7.71. The second-order valence-electron chi connectivity index (χ2n) is 6.59. The van der Waals surface area contributed by atoms with E-state index in [0.29, 0.717) is 13.1 Å². The number of thiazole rings is 1. The highest BCUT2D eigenvalue weighted by molar-refractivity contribution is 7.09. The zero-order valence-corrected chi connectivity index (χ0v) is 16.6. The van der Waals surface area contributed by atoms with Gasteiger partial charge in [-0.1, -0.05) is 29.8 Å². The summed E-state index contributed by atoms with van der Waals surface area (Å²) in [5.74, 6) is 0.0850. The predicted molar refractivity (Wildman–Crippen MR) is 112 cm³/mol. The van der Waals surface area contributed by atoms with Crippen LogP contribution in [0.3, 0.4) is 0 Å². The normalized spacial score (nSPS) is 14.4. The summed E-state index contributed by atoms with van der Waals surface area (Å²) in [5.41, 5.74) is 3.84. The molecule has 0 radical (unpaired) electrons. The fourth-order valence-corrected chi connectivity index (χ4v) is 4.11. The maximum atomic E-state index is 12.8. The second-order valence-corrected chi connectivity index (χ2v) is 8.09. The minimum Gasteiger partial charge on any atom is -0.368 e. The molecule has 2 aromatic carbocycles. The van der Waals surface area contributed by atoms with Gasteiger partial charge >= 0.3 is 0 Å². The van der Waals surface area contributed by atoms with Gasteiger partial charge in [0.25, 0.3) is 5.91 Å². The number of carbonyl (C=O) groups is 1. The SMILES string of the molecule is Cc1nc(-c2ccc(C(=O)N3CCN(c4cccc(Cl)c4)CC3)cc2)cs1. The van der Waals surface area contributed by atoms with E-state index in [4.69, 9.17) is 11.6 Å². The van der Waals surface area contributed by atoms with Crippen molar-refractivity contribution in [3.8, 4) is 11.3 Å². The van der Waals surface area contributed by atoms with Crippen molar-refractivity contribution in [3.63, 3.8) is 0 Å². The summed E-state index contributed by atoms with van der Waals surface area (Å²) < 4.78 is 0. The average Bonchev–Trinajstić information content (AvgIpc) is 3.14. The maximum absolute atomic E-state index is 12.8. The first-order valence-corrected chi connectivity index (χ1v) is 10.2. The molecule has 27 heavy (non-hydrogen) atoms. The van der Waals surface area contributed by atoms with E-state index in [1.54, 1.807) is 11.3 Å². The molecule has 1 amide bonds. The lowest BCUT2D eigenvalue weighted by atomic mass is 10.1. The van der Waals surface area contributed by atoms with E-state index in [-0.39, 0.29) is 5.91 Å². The Hall–Kier alpha value is -2.37. The smallest absolute Gasteiger partial charge is 0.253 e. The molecule has 1 aromatic heterocycles. The number of halogens is 1. The van der Waals surface area contributed by atoms with Crippen molar-refractivity contribution in [1.82, 2.24) is 9.88 Å². The quantitative estimate of drug-likeness (QED) is 0.640. The van der Waals surface area contributed by atoms with E-state index >= 15 is 0 Å². The van der Waals surface area contributed by atoms with Crippen molar-refractivity contribution >= 4 is 34.5 Å². The minimum atomic E-state index is 0.0850. The molecular formula is C21H20ClN3OS. The molecule has 0 unspecified atom stereocenters. The molecule has 3 aromatic rings. The predicted octanol–water partition coefficient (Wildman–Crippen LogP) is 4.73. The van der Waals surface area contributed by atoms with Crippen LogP contribution >= 0.6 is 22.9 Å². The largest absolute Gasteiger partial charge is 0.368 e. The van der Waals surface area contributed by atoms with Gasteiger partial charge in [0.05, 0.1) is 10.7 Å². The number of piperazine rings is 1. The molecule has 0 saturated carbocycles. The van der Waals surface area contributed by atoms with E-state index in [1.807, 2.05) is 59.7 Å². The van der Waals surface area contributed by atoms with E-state index < -0.39 is 0 Å². The third kappa shape index (κ3) is 3.99. The number of amides is 1. The van der Waals surface area contributed by atoms with Gasteiger partial charge in [0, 0.05) is 53.4 Å². The Balaban J connectivity index is 1.40. The number of rotatable bonds is 3. The van der Waals surface area contributed by atoms with E-state index in [0.717, 1.165) is 45.6 Å². The Labute approximate surface area is 168 Å². The van der Waals surface area contributed by atoms with Gasteiger partial charge < -0.3 is 9.80 Å². The lowest BCUT2D eigenvalue weighted by Crippen LogP contribution is -2.48. The van der Waals surface area contributed by atoms with Crippen molar-refractivity contribution in [3.05, 3.63) is 69.5 Å². The molecule has 2 heterocycles. The highest BCUT2D eigenvalue weighted by Gasteiger charge is 2.22. The standard InChI is InChI=1S/C21H20ClN3OS/c1-15-23-20(14-27-15)16-5-7-17(8-6-16)21(26)25-11-9-24(10-12-25)19-4-2-3-18(22)13-19/h2-8,13-14H,9-12H2,1H3. The molecule has 138 valence electrons. The molecule has 1 aliphatic rings. The van der Waals surface area contributed by atoms with Crippen LogP contribution in [0.4, 0.5) is 5.69 Å². The fraction of sp³-hybridized carbons (Fsp3) is 0.238. The van der Waals surface area contributed by atoms with Crippen molar-refractivity contribution < 1.29 is 4.79 Å². The number of aryl methyl sites for hydroxylation is 1. The van der Waals surface area contributed by atoms with Gasteiger partial charge in [-0.05, 0) is 37.3 Å². The Morgan fingerprint density at radius 2 is 1.81 bits per heavy atom. The Morgan fingerprint density at radius 3 is 2.44 bits per heavy atom. The lowest BCUT2D eigenvalue weighted by Gasteiger charge is -2.36. The van der Waals surface area contributed by atoms with Gasteiger partial charge in [-0.2, -0.15) is 0 Å². The minimum absolute atomic E-state index is 0.0850. The first-order chi connectivity index (χ1) is 13.1. The number of nitrogens with zero attached hydrogens (tertiary/aromatic N) is 3. The first kappa shape index (κ1) is 18.0.